The second-order valence-corrected chi connectivity index (χ2v) is 7.60. The zero-order valence-corrected chi connectivity index (χ0v) is 16.7. The Kier molecular flexibility index (Phi) is 4.33. The molecule has 0 atom stereocenters. The second-order valence-electron chi connectivity index (χ2n) is 7.60. The molecule has 5 rings (SSSR count). The number of hydrogen-bond donors (Lipinski definition) is 0. The number of hydrogen-bond acceptors (Lipinski definition) is 2. The van der Waals surface area contributed by atoms with Crippen LogP contribution in [-0.2, 0) is 6.42 Å². The van der Waals surface area contributed by atoms with Gasteiger partial charge in [0.05, 0.1) is 5.69 Å². The van der Waals surface area contributed by atoms with Gasteiger partial charge >= 0.3 is 0 Å². The largest absolute Gasteiger partial charge is 0.265 e. The fraction of sp³-hybridized carbons (Fsp3) is 0.111. The maximum Gasteiger partial charge on any atom is 0.0706 e. The summed E-state index contributed by atoms with van der Waals surface area (Å²) in [6.45, 7) is 4.46. The van der Waals surface area contributed by atoms with Gasteiger partial charge in [-0.05, 0) is 76.3 Å². The molecule has 140 valence electrons. The summed E-state index contributed by atoms with van der Waals surface area (Å²) in [7, 11) is 0. The number of aromatic nitrogens is 2. The Hall–Kier alpha value is -3.52. The van der Waals surface area contributed by atoms with Gasteiger partial charge in [0.25, 0.3) is 0 Å². The summed E-state index contributed by atoms with van der Waals surface area (Å²) >= 11 is 0. The minimum atomic E-state index is 0.820. The van der Waals surface area contributed by atoms with E-state index in [4.69, 9.17) is 4.98 Å². The predicted octanol–water partition coefficient (Wildman–Crippen LogP) is 6.66. The van der Waals surface area contributed by atoms with Crippen LogP contribution >= 0.6 is 0 Å². The molecule has 0 saturated carbocycles. The van der Waals surface area contributed by atoms with Crippen LogP contribution in [0.2, 0.25) is 0 Å². The van der Waals surface area contributed by atoms with E-state index in [1.807, 2.05) is 24.5 Å². The van der Waals surface area contributed by atoms with Crippen molar-refractivity contribution >= 4 is 21.5 Å². The number of benzene rings is 3. The summed E-state index contributed by atoms with van der Waals surface area (Å²) in [5.74, 6) is 0. The summed E-state index contributed by atoms with van der Waals surface area (Å²) < 4.78 is 0. The monoisotopic (exact) mass is 374 g/mol. The molecule has 0 saturated heterocycles. The van der Waals surface area contributed by atoms with E-state index in [-0.39, 0.29) is 0 Å². The summed E-state index contributed by atoms with van der Waals surface area (Å²) in [5.41, 5.74) is 7.15. The first-order valence-corrected chi connectivity index (χ1v) is 9.97. The van der Waals surface area contributed by atoms with Crippen LogP contribution in [0.3, 0.4) is 0 Å². The van der Waals surface area contributed by atoms with E-state index in [1.54, 1.807) is 0 Å². The molecular formula is C27H22N2. The van der Waals surface area contributed by atoms with E-state index in [1.165, 1.54) is 38.2 Å². The second kappa shape index (κ2) is 7.14. The lowest BCUT2D eigenvalue weighted by molar-refractivity contribution is 1.08. The average molecular weight is 374 g/mol. The van der Waals surface area contributed by atoms with Gasteiger partial charge in [-0.1, -0.05) is 48.5 Å². The molecule has 0 N–H and O–H groups in total. The number of fused-ring (bicyclic) bond motifs is 2. The van der Waals surface area contributed by atoms with Crippen LogP contribution in [0.15, 0.2) is 85.2 Å². The van der Waals surface area contributed by atoms with Crippen molar-refractivity contribution in [1.82, 2.24) is 9.97 Å². The molecule has 0 unspecified atom stereocenters. The first kappa shape index (κ1) is 17.6. The van der Waals surface area contributed by atoms with Crippen molar-refractivity contribution in [3.8, 4) is 11.3 Å². The minimum absolute atomic E-state index is 0.820. The van der Waals surface area contributed by atoms with Crippen molar-refractivity contribution in [2.45, 2.75) is 20.3 Å². The molecule has 0 amide bonds. The first-order valence-electron chi connectivity index (χ1n) is 9.97. The maximum absolute atomic E-state index is 4.88. The van der Waals surface area contributed by atoms with Crippen LogP contribution in [0.1, 0.15) is 22.4 Å². The van der Waals surface area contributed by atoms with Crippen LogP contribution in [-0.4, -0.2) is 9.97 Å². The van der Waals surface area contributed by atoms with E-state index < -0.39 is 0 Å². The molecule has 2 nitrogen and oxygen atoms in total. The number of pyridine rings is 2. The van der Waals surface area contributed by atoms with Gasteiger partial charge in [-0.25, -0.2) is 0 Å². The zero-order valence-electron chi connectivity index (χ0n) is 16.7. The molecule has 5 aromatic rings. The summed E-state index contributed by atoms with van der Waals surface area (Å²) in [6.07, 6.45) is 4.44. The Morgan fingerprint density at radius 1 is 0.655 bits per heavy atom. The van der Waals surface area contributed by atoms with Crippen molar-refractivity contribution in [1.29, 1.82) is 0 Å². The predicted molar refractivity (Wildman–Crippen MR) is 121 cm³/mol. The fourth-order valence-electron chi connectivity index (χ4n) is 4.24. The number of rotatable bonds is 3. The maximum atomic E-state index is 4.88. The lowest BCUT2D eigenvalue weighted by Crippen LogP contribution is -1.95. The van der Waals surface area contributed by atoms with E-state index in [0.717, 1.165) is 23.4 Å². The summed E-state index contributed by atoms with van der Waals surface area (Å²) in [5, 5.41) is 5.36. The quantitative estimate of drug-likeness (QED) is 0.330. The molecule has 0 aliphatic carbocycles. The summed E-state index contributed by atoms with van der Waals surface area (Å²) in [6, 6.07) is 25.8. The topological polar surface area (TPSA) is 25.8 Å². The van der Waals surface area contributed by atoms with Gasteiger partial charge < -0.3 is 0 Å². The highest BCUT2D eigenvalue weighted by Crippen LogP contribution is 2.32. The van der Waals surface area contributed by atoms with Crippen molar-refractivity contribution in [3.63, 3.8) is 0 Å². The molecule has 0 aliphatic heterocycles. The number of nitrogens with zero attached hydrogens (tertiary/aromatic N) is 2. The molecular weight excluding hydrogens is 352 g/mol. The third-order valence-corrected chi connectivity index (χ3v) is 5.80. The normalized spacial score (nSPS) is 11.2. The Balaban J connectivity index is 1.57. The SMILES string of the molecule is Cc1c2ccccc2c(C)c2cc(Cc3cccc(-c4ccncc4)n3)ccc12. The molecule has 2 heteroatoms. The van der Waals surface area contributed by atoms with Crippen molar-refractivity contribution in [2.75, 3.05) is 0 Å². The third-order valence-electron chi connectivity index (χ3n) is 5.80. The highest BCUT2D eigenvalue weighted by molar-refractivity contribution is 6.05. The lowest BCUT2D eigenvalue weighted by Gasteiger charge is -2.13. The van der Waals surface area contributed by atoms with Gasteiger partial charge in [-0.2, -0.15) is 0 Å². The van der Waals surface area contributed by atoms with Crippen LogP contribution < -0.4 is 0 Å². The molecule has 2 aromatic heterocycles. The molecule has 0 fully saturated rings. The molecule has 2 heterocycles. The Morgan fingerprint density at radius 2 is 1.34 bits per heavy atom. The molecule has 0 bridgehead atoms. The van der Waals surface area contributed by atoms with E-state index in [0.29, 0.717) is 0 Å². The standard InChI is InChI=1S/C27H22N2/c1-18-23-7-3-4-8-24(23)19(2)26-17-20(10-11-25(18)26)16-22-6-5-9-27(29-22)21-12-14-28-15-13-21/h3-15,17H,16H2,1-2H3. The van der Waals surface area contributed by atoms with Gasteiger partial charge in [0.2, 0.25) is 0 Å². The van der Waals surface area contributed by atoms with Crippen molar-refractivity contribution in [3.05, 3.63) is 108 Å². The Morgan fingerprint density at radius 3 is 2.10 bits per heavy atom. The van der Waals surface area contributed by atoms with Crippen molar-refractivity contribution in [2.24, 2.45) is 0 Å². The van der Waals surface area contributed by atoms with E-state index >= 15 is 0 Å². The smallest absolute Gasteiger partial charge is 0.0706 e. The third kappa shape index (κ3) is 3.17. The highest BCUT2D eigenvalue weighted by atomic mass is 14.7. The van der Waals surface area contributed by atoms with Gasteiger partial charge in [-0.15, -0.1) is 0 Å². The van der Waals surface area contributed by atoms with Gasteiger partial charge in [0, 0.05) is 30.1 Å². The van der Waals surface area contributed by atoms with Gasteiger partial charge in [-0.3, -0.25) is 9.97 Å². The molecule has 0 radical (unpaired) electrons. The molecule has 0 aliphatic rings. The summed E-state index contributed by atoms with van der Waals surface area (Å²) in [4.78, 5) is 8.98. The van der Waals surface area contributed by atoms with E-state index in [2.05, 4.69) is 79.5 Å². The minimum Gasteiger partial charge on any atom is -0.265 e. The number of aryl methyl sites for hydroxylation is 2. The van der Waals surface area contributed by atoms with Crippen LogP contribution in [0.5, 0.6) is 0 Å². The molecule has 0 spiro atoms. The Bertz CT molecular complexity index is 1340. The Labute approximate surface area is 170 Å². The molecule has 3 aromatic carbocycles. The fourth-order valence-corrected chi connectivity index (χ4v) is 4.24. The first-order chi connectivity index (χ1) is 14.2. The highest BCUT2D eigenvalue weighted by Gasteiger charge is 2.10. The van der Waals surface area contributed by atoms with Crippen LogP contribution in [0.25, 0.3) is 32.8 Å². The van der Waals surface area contributed by atoms with Gasteiger partial charge in [0.1, 0.15) is 0 Å². The van der Waals surface area contributed by atoms with Gasteiger partial charge in [0.15, 0.2) is 0 Å². The average Bonchev–Trinajstić information content (AvgIpc) is 2.78. The van der Waals surface area contributed by atoms with Crippen molar-refractivity contribution < 1.29 is 0 Å². The van der Waals surface area contributed by atoms with E-state index in [9.17, 15) is 0 Å². The van der Waals surface area contributed by atoms with Crippen LogP contribution in [0, 0.1) is 13.8 Å². The zero-order chi connectivity index (χ0) is 19.8. The lowest BCUT2D eigenvalue weighted by atomic mass is 9.91. The molecule has 29 heavy (non-hydrogen) atoms. The van der Waals surface area contributed by atoms with Crippen LogP contribution in [0.4, 0.5) is 0 Å².